The van der Waals surface area contributed by atoms with Crippen molar-refractivity contribution in [1.29, 1.82) is 0 Å². The van der Waals surface area contributed by atoms with Crippen LogP contribution in [0.15, 0.2) is 43.0 Å². The van der Waals surface area contributed by atoms with Crippen molar-refractivity contribution in [2.45, 2.75) is 31.4 Å². The zero-order valence-electron chi connectivity index (χ0n) is 17.2. The van der Waals surface area contributed by atoms with E-state index in [0.29, 0.717) is 34.0 Å². The third-order valence-corrected chi connectivity index (χ3v) is 5.37. The van der Waals surface area contributed by atoms with Gasteiger partial charge in [0.1, 0.15) is 30.2 Å². The van der Waals surface area contributed by atoms with E-state index in [1.54, 1.807) is 24.5 Å². The van der Waals surface area contributed by atoms with Gasteiger partial charge in [-0.3, -0.25) is 4.98 Å². The van der Waals surface area contributed by atoms with Crippen LogP contribution in [0, 0.1) is 5.95 Å². The van der Waals surface area contributed by atoms with Crippen molar-refractivity contribution in [2.75, 3.05) is 17.2 Å². The molecule has 0 unspecified atom stereocenters. The summed E-state index contributed by atoms with van der Waals surface area (Å²) in [5.74, 6) is 0.223. The third kappa shape index (κ3) is 4.86. The molecule has 1 fully saturated rings. The molecule has 4 aromatic heterocycles. The van der Waals surface area contributed by atoms with Gasteiger partial charge in [-0.25, -0.2) is 15.0 Å². The number of fused-ring (bicyclic) bond motifs is 1. The van der Waals surface area contributed by atoms with E-state index in [2.05, 4.69) is 35.6 Å². The van der Waals surface area contributed by atoms with Gasteiger partial charge in [0.25, 0.3) is 0 Å². The fourth-order valence-electron chi connectivity index (χ4n) is 3.60. The van der Waals surface area contributed by atoms with Gasteiger partial charge >= 0.3 is 6.18 Å². The van der Waals surface area contributed by atoms with E-state index in [9.17, 15) is 17.6 Å². The summed E-state index contributed by atoms with van der Waals surface area (Å²) in [5.41, 5.74) is 2.96. The van der Waals surface area contributed by atoms with Crippen molar-refractivity contribution < 1.29 is 17.6 Å². The smallest absolute Gasteiger partial charge is 0.361 e. The number of hydrogen-bond acceptors (Lipinski definition) is 6. The van der Waals surface area contributed by atoms with E-state index >= 15 is 0 Å². The van der Waals surface area contributed by atoms with E-state index in [1.165, 1.54) is 0 Å². The van der Waals surface area contributed by atoms with E-state index in [4.69, 9.17) is 0 Å². The summed E-state index contributed by atoms with van der Waals surface area (Å²) in [6.07, 6.45) is 2.47. The van der Waals surface area contributed by atoms with Gasteiger partial charge in [-0.2, -0.15) is 17.6 Å². The van der Waals surface area contributed by atoms with Gasteiger partial charge in [0.15, 0.2) is 0 Å². The Kier molecular flexibility index (Phi) is 5.31. The number of hydrogen-bond donors (Lipinski definition) is 3. The molecule has 0 radical (unpaired) electrons. The number of anilines is 3. The Balaban J connectivity index is 1.34. The van der Waals surface area contributed by atoms with Gasteiger partial charge < -0.3 is 15.6 Å². The molecule has 7 nitrogen and oxygen atoms in total. The van der Waals surface area contributed by atoms with Crippen LogP contribution in [-0.4, -0.2) is 37.6 Å². The van der Waals surface area contributed by atoms with Crippen LogP contribution in [0.5, 0.6) is 0 Å². The number of rotatable bonds is 7. The Labute approximate surface area is 185 Å². The molecule has 3 N–H and O–H groups in total. The Morgan fingerprint density at radius 2 is 1.88 bits per heavy atom. The molecule has 0 saturated heterocycles. The number of pyridine rings is 2. The molecule has 1 aliphatic carbocycles. The summed E-state index contributed by atoms with van der Waals surface area (Å²) in [6, 6.07) is 7.06. The molecule has 0 amide bonds. The van der Waals surface area contributed by atoms with Crippen LogP contribution in [0.4, 0.5) is 34.9 Å². The van der Waals surface area contributed by atoms with Crippen molar-refractivity contribution in [3.8, 4) is 0 Å². The molecule has 1 saturated carbocycles. The molecule has 0 bridgehead atoms. The van der Waals surface area contributed by atoms with Crippen molar-refractivity contribution in [2.24, 2.45) is 0 Å². The summed E-state index contributed by atoms with van der Waals surface area (Å²) in [6.45, 7) is -1.24. The first-order valence-electron chi connectivity index (χ1n) is 10.4. The predicted molar refractivity (Wildman–Crippen MR) is 115 cm³/mol. The number of nitrogens with zero attached hydrogens (tertiary/aromatic N) is 4. The number of nitrogens with one attached hydrogen (secondary N) is 3. The number of halogens is 4. The summed E-state index contributed by atoms with van der Waals surface area (Å²) in [7, 11) is 0. The van der Waals surface area contributed by atoms with E-state index < -0.39 is 18.7 Å². The van der Waals surface area contributed by atoms with Crippen LogP contribution in [-0.2, 0) is 6.42 Å². The number of aromatic amines is 1. The van der Waals surface area contributed by atoms with Gasteiger partial charge in [0.2, 0.25) is 5.95 Å². The average molecular weight is 457 g/mol. The highest BCUT2D eigenvalue weighted by Gasteiger charge is 2.27. The molecule has 170 valence electrons. The fourth-order valence-corrected chi connectivity index (χ4v) is 3.60. The zero-order valence-corrected chi connectivity index (χ0v) is 17.2. The highest BCUT2D eigenvalue weighted by atomic mass is 19.4. The number of aromatic nitrogens is 5. The fraction of sp³-hybridized carbons (Fsp3) is 0.273. The molecule has 0 aromatic carbocycles. The summed E-state index contributed by atoms with van der Waals surface area (Å²) >= 11 is 0. The van der Waals surface area contributed by atoms with Crippen molar-refractivity contribution in [1.82, 2.24) is 24.9 Å². The predicted octanol–water partition coefficient (Wildman–Crippen LogP) is 5.07. The molecule has 0 spiro atoms. The maximum Gasteiger partial charge on any atom is 0.405 e. The van der Waals surface area contributed by atoms with Crippen LogP contribution in [0.1, 0.15) is 35.6 Å². The standard InChI is InChI=1S/C22H19F4N7/c23-19-13(3-6-17(33-19)32-15-4-5-16(27-9-15)12-1-2-12)7-14-8-28-20-18(14)21(31-11-30-20)29-10-22(24,25)26/h3-6,8-9,11-12H,1-2,7,10H2,(H,32,33)(H2,28,29,30,31). The lowest BCUT2D eigenvalue weighted by atomic mass is 10.1. The van der Waals surface area contributed by atoms with E-state index in [1.807, 2.05) is 12.1 Å². The number of H-pyrrole nitrogens is 1. The minimum absolute atomic E-state index is 0.0300. The lowest BCUT2D eigenvalue weighted by Gasteiger charge is -2.11. The zero-order chi connectivity index (χ0) is 23.0. The van der Waals surface area contributed by atoms with E-state index in [-0.39, 0.29) is 17.8 Å². The van der Waals surface area contributed by atoms with Gasteiger partial charge in [-0.1, -0.05) is 6.07 Å². The molecule has 1 aliphatic rings. The average Bonchev–Trinajstić information content (AvgIpc) is 3.55. The third-order valence-electron chi connectivity index (χ3n) is 5.37. The first-order chi connectivity index (χ1) is 15.9. The minimum Gasteiger partial charge on any atom is -0.361 e. The van der Waals surface area contributed by atoms with Gasteiger partial charge in [0.05, 0.1) is 17.3 Å². The Hall–Kier alpha value is -3.76. The maximum absolute atomic E-state index is 14.8. The summed E-state index contributed by atoms with van der Waals surface area (Å²) < 4.78 is 52.7. The highest BCUT2D eigenvalue weighted by molar-refractivity contribution is 5.90. The van der Waals surface area contributed by atoms with Gasteiger partial charge in [-0.15, -0.1) is 0 Å². The summed E-state index contributed by atoms with van der Waals surface area (Å²) in [5, 5.41) is 5.69. The maximum atomic E-state index is 14.8. The molecule has 33 heavy (non-hydrogen) atoms. The van der Waals surface area contributed by atoms with Crippen LogP contribution >= 0.6 is 0 Å². The molecule has 11 heteroatoms. The van der Waals surface area contributed by atoms with Crippen molar-refractivity contribution in [3.05, 3.63) is 65.8 Å². The van der Waals surface area contributed by atoms with Gasteiger partial charge in [-0.05, 0) is 36.6 Å². The molecule has 0 atom stereocenters. The summed E-state index contributed by atoms with van der Waals surface area (Å²) in [4.78, 5) is 19.2. The topological polar surface area (TPSA) is 91.4 Å². The number of alkyl halides is 3. The second-order valence-electron chi connectivity index (χ2n) is 7.92. The molecular weight excluding hydrogens is 438 g/mol. The molecule has 4 heterocycles. The van der Waals surface area contributed by atoms with Crippen LogP contribution in [0.25, 0.3) is 11.0 Å². The molecule has 5 rings (SSSR count). The monoisotopic (exact) mass is 457 g/mol. The minimum atomic E-state index is -4.40. The first-order valence-corrected chi connectivity index (χ1v) is 10.4. The second kappa shape index (κ2) is 8.30. The second-order valence-corrected chi connectivity index (χ2v) is 7.92. The molecule has 0 aliphatic heterocycles. The largest absolute Gasteiger partial charge is 0.405 e. The van der Waals surface area contributed by atoms with Crippen molar-refractivity contribution in [3.63, 3.8) is 0 Å². The highest BCUT2D eigenvalue weighted by Crippen LogP contribution is 2.39. The quantitative estimate of drug-likeness (QED) is 0.265. The Morgan fingerprint density at radius 3 is 2.58 bits per heavy atom. The van der Waals surface area contributed by atoms with E-state index in [0.717, 1.165) is 24.9 Å². The van der Waals surface area contributed by atoms with Crippen LogP contribution in [0.2, 0.25) is 0 Å². The first kappa shape index (κ1) is 21.1. The SMILES string of the molecule is Fc1nc(Nc2ccc(C3CC3)nc2)ccc1Cc1c[nH]c2ncnc(NCC(F)(F)F)c12. The van der Waals surface area contributed by atoms with Crippen LogP contribution < -0.4 is 10.6 Å². The van der Waals surface area contributed by atoms with Crippen LogP contribution in [0.3, 0.4) is 0 Å². The normalized spacial score (nSPS) is 13.9. The molecule has 4 aromatic rings. The Morgan fingerprint density at radius 1 is 1.03 bits per heavy atom. The van der Waals surface area contributed by atoms with Crippen molar-refractivity contribution >= 4 is 28.4 Å². The lowest BCUT2D eigenvalue weighted by molar-refractivity contribution is -0.115. The Bertz CT molecular complexity index is 1280. The lowest BCUT2D eigenvalue weighted by Crippen LogP contribution is -2.22. The molecular formula is C22H19F4N7. The van der Waals surface area contributed by atoms with Gasteiger partial charge in [0, 0.05) is 29.8 Å².